The van der Waals surface area contributed by atoms with Crippen LogP contribution in [0.2, 0.25) is 5.02 Å². The van der Waals surface area contributed by atoms with Gasteiger partial charge >= 0.3 is 0 Å². The van der Waals surface area contributed by atoms with E-state index in [1.54, 1.807) is 0 Å². The maximum atomic E-state index is 6.21. The first-order valence-corrected chi connectivity index (χ1v) is 9.44. The molecule has 0 atom stereocenters. The van der Waals surface area contributed by atoms with Crippen molar-refractivity contribution in [2.45, 2.75) is 0 Å². The van der Waals surface area contributed by atoms with Crippen LogP contribution in [0.4, 0.5) is 17.1 Å². The lowest BCUT2D eigenvalue weighted by atomic mass is 10.0. The maximum absolute atomic E-state index is 6.21. The van der Waals surface area contributed by atoms with E-state index in [-0.39, 0.29) is 0 Å². The molecule has 0 saturated carbocycles. The molecule has 6 rings (SSSR count). The van der Waals surface area contributed by atoms with Gasteiger partial charge in [0.1, 0.15) is 5.69 Å². The molecular formula is C24H14ClNO2. The molecule has 2 aliphatic heterocycles. The molecule has 0 unspecified atom stereocenters. The van der Waals surface area contributed by atoms with Gasteiger partial charge in [-0.3, -0.25) is 4.90 Å². The van der Waals surface area contributed by atoms with Crippen molar-refractivity contribution in [1.82, 2.24) is 0 Å². The van der Waals surface area contributed by atoms with Gasteiger partial charge in [0.05, 0.1) is 11.4 Å². The van der Waals surface area contributed by atoms with E-state index >= 15 is 0 Å². The van der Waals surface area contributed by atoms with E-state index in [0.717, 1.165) is 56.2 Å². The molecule has 4 aromatic rings. The Kier molecular flexibility index (Phi) is 3.22. The predicted octanol–water partition coefficient (Wildman–Crippen LogP) is 7.69. The van der Waals surface area contributed by atoms with Crippen LogP contribution in [0.15, 0.2) is 84.9 Å². The highest BCUT2D eigenvalue weighted by Crippen LogP contribution is 2.59. The Bertz CT molecular complexity index is 1220. The first kappa shape index (κ1) is 15.6. The van der Waals surface area contributed by atoms with Gasteiger partial charge in [-0.05, 0) is 59.7 Å². The number of anilines is 3. The Hall–Kier alpha value is -3.43. The maximum Gasteiger partial charge on any atom is 0.155 e. The normalized spacial score (nSPS) is 13.0. The molecule has 4 heteroatoms. The Morgan fingerprint density at radius 3 is 2.00 bits per heavy atom. The van der Waals surface area contributed by atoms with Crippen molar-refractivity contribution in [3.63, 3.8) is 0 Å². The fraction of sp³-hybridized carbons (Fsp3) is 0. The molecule has 2 heterocycles. The highest BCUT2D eigenvalue weighted by molar-refractivity contribution is 6.30. The second-order valence-corrected chi connectivity index (χ2v) is 7.24. The first-order valence-electron chi connectivity index (χ1n) is 9.06. The van der Waals surface area contributed by atoms with Crippen LogP contribution in [0.3, 0.4) is 0 Å². The van der Waals surface area contributed by atoms with Gasteiger partial charge in [0, 0.05) is 5.02 Å². The zero-order valence-electron chi connectivity index (χ0n) is 14.7. The van der Waals surface area contributed by atoms with Crippen LogP contribution in [0.1, 0.15) is 0 Å². The Balaban J connectivity index is 1.59. The Morgan fingerprint density at radius 1 is 0.571 bits per heavy atom. The van der Waals surface area contributed by atoms with Gasteiger partial charge in [0.25, 0.3) is 0 Å². The number of halogens is 1. The molecule has 0 amide bonds. The van der Waals surface area contributed by atoms with E-state index in [4.69, 9.17) is 21.1 Å². The van der Waals surface area contributed by atoms with Crippen molar-refractivity contribution >= 4 is 28.7 Å². The second-order valence-electron chi connectivity index (χ2n) is 6.80. The number of benzene rings is 4. The molecule has 134 valence electrons. The van der Waals surface area contributed by atoms with Gasteiger partial charge < -0.3 is 9.47 Å². The van der Waals surface area contributed by atoms with Crippen molar-refractivity contribution < 1.29 is 9.47 Å². The average molecular weight is 384 g/mol. The van der Waals surface area contributed by atoms with Gasteiger partial charge in [0.15, 0.2) is 23.0 Å². The van der Waals surface area contributed by atoms with Gasteiger partial charge in [-0.1, -0.05) is 48.0 Å². The zero-order chi connectivity index (χ0) is 18.7. The minimum atomic E-state index is 0.728. The van der Waals surface area contributed by atoms with Crippen LogP contribution >= 0.6 is 11.6 Å². The van der Waals surface area contributed by atoms with Crippen LogP contribution in [-0.2, 0) is 0 Å². The Morgan fingerprint density at radius 2 is 1.21 bits per heavy atom. The molecule has 3 nitrogen and oxygen atoms in total. The van der Waals surface area contributed by atoms with E-state index in [1.165, 1.54) is 0 Å². The van der Waals surface area contributed by atoms with E-state index in [2.05, 4.69) is 23.1 Å². The number of fused-ring (bicyclic) bond motifs is 4. The van der Waals surface area contributed by atoms with Crippen LogP contribution in [-0.4, -0.2) is 0 Å². The van der Waals surface area contributed by atoms with Crippen LogP contribution in [0, 0.1) is 0 Å². The molecule has 2 aliphatic rings. The third kappa shape index (κ3) is 2.23. The molecule has 0 spiro atoms. The van der Waals surface area contributed by atoms with E-state index in [9.17, 15) is 0 Å². The summed E-state index contributed by atoms with van der Waals surface area (Å²) in [5, 5.41) is 0.728. The van der Waals surface area contributed by atoms with Crippen molar-refractivity contribution in [3.05, 3.63) is 90.0 Å². The summed E-state index contributed by atoms with van der Waals surface area (Å²) in [5.41, 5.74) is 5.13. The molecule has 4 aromatic carbocycles. The molecule has 0 aromatic heterocycles. The van der Waals surface area contributed by atoms with Crippen molar-refractivity contribution in [2.24, 2.45) is 0 Å². The summed E-state index contributed by atoms with van der Waals surface area (Å²) in [6, 6.07) is 28.1. The van der Waals surface area contributed by atoms with Crippen molar-refractivity contribution in [1.29, 1.82) is 0 Å². The van der Waals surface area contributed by atoms with E-state index in [0.29, 0.717) is 0 Å². The quantitative estimate of drug-likeness (QED) is 0.290. The highest BCUT2D eigenvalue weighted by Gasteiger charge is 2.34. The molecule has 0 fully saturated rings. The van der Waals surface area contributed by atoms with E-state index in [1.807, 2.05) is 66.7 Å². The lowest BCUT2D eigenvalue weighted by Gasteiger charge is -2.37. The fourth-order valence-corrected chi connectivity index (χ4v) is 3.95. The topological polar surface area (TPSA) is 21.7 Å². The molecular weight excluding hydrogens is 370 g/mol. The van der Waals surface area contributed by atoms with Crippen LogP contribution < -0.4 is 14.4 Å². The monoisotopic (exact) mass is 383 g/mol. The fourth-order valence-electron chi connectivity index (χ4n) is 3.82. The summed E-state index contributed by atoms with van der Waals surface area (Å²) in [6.07, 6.45) is 0. The van der Waals surface area contributed by atoms with Crippen molar-refractivity contribution in [3.8, 4) is 34.1 Å². The first-order chi connectivity index (χ1) is 13.8. The highest BCUT2D eigenvalue weighted by atomic mass is 35.5. The number of hydrogen-bond acceptors (Lipinski definition) is 3. The van der Waals surface area contributed by atoms with Gasteiger partial charge in [-0.2, -0.15) is 0 Å². The van der Waals surface area contributed by atoms with E-state index < -0.39 is 0 Å². The minimum absolute atomic E-state index is 0.728. The molecule has 28 heavy (non-hydrogen) atoms. The number of rotatable bonds is 1. The second kappa shape index (κ2) is 5.78. The predicted molar refractivity (Wildman–Crippen MR) is 112 cm³/mol. The van der Waals surface area contributed by atoms with Gasteiger partial charge in [0.2, 0.25) is 0 Å². The number of hydrogen-bond donors (Lipinski definition) is 0. The third-order valence-electron chi connectivity index (χ3n) is 5.11. The lowest BCUT2D eigenvalue weighted by molar-refractivity contribution is 0.446. The SMILES string of the molecule is Clc1ccc(-c2ccc3c(c2)N2c4ccccc4Oc4cccc(c42)O3)cc1. The van der Waals surface area contributed by atoms with Crippen LogP contribution in [0.25, 0.3) is 11.1 Å². The third-order valence-corrected chi connectivity index (χ3v) is 5.36. The summed E-state index contributed by atoms with van der Waals surface area (Å²) < 4.78 is 12.3. The standard InChI is InChI=1S/C24H14ClNO2/c25-17-11-8-15(9-12-17)16-10-13-21-19(14-16)26-18-4-1-2-5-20(18)27-22-6-3-7-23(28-21)24(22)26/h1-14H. The van der Waals surface area contributed by atoms with Gasteiger partial charge in [-0.15, -0.1) is 0 Å². The number of ether oxygens (including phenoxy) is 2. The zero-order valence-corrected chi connectivity index (χ0v) is 15.5. The van der Waals surface area contributed by atoms with Gasteiger partial charge in [-0.25, -0.2) is 0 Å². The summed E-state index contributed by atoms with van der Waals surface area (Å²) >= 11 is 6.06. The van der Waals surface area contributed by atoms with Crippen LogP contribution in [0.5, 0.6) is 23.0 Å². The summed E-state index contributed by atoms with van der Waals surface area (Å²) in [7, 11) is 0. The number of nitrogens with zero attached hydrogens (tertiary/aromatic N) is 1. The summed E-state index contributed by atoms with van der Waals surface area (Å²) in [6.45, 7) is 0. The molecule has 0 N–H and O–H groups in total. The lowest BCUT2D eigenvalue weighted by Crippen LogP contribution is -2.20. The largest absolute Gasteiger partial charge is 0.453 e. The Labute approximate surface area is 167 Å². The summed E-state index contributed by atoms with van der Waals surface area (Å²) in [5.74, 6) is 3.23. The number of para-hydroxylation sites is 3. The smallest absolute Gasteiger partial charge is 0.155 e. The minimum Gasteiger partial charge on any atom is -0.453 e. The molecule has 0 saturated heterocycles. The van der Waals surface area contributed by atoms with Crippen molar-refractivity contribution in [2.75, 3.05) is 4.90 Å². The molecule has 0 radical (unpaired) electrons. The summed E-state index contributed by atoms with van der Waals surface area (Å²) in [4.78, 5) is 2.22. The average Bonchev–Trinajstić information content (AvgIpc) is 2.74. The molecule has 0 aliphatic carbocycles. The molecule has 0 bridgehead atoms.